The maximum absolute atomic E-state index is 4.28. The van der Waals surface area contributed by atoms with E-state index >= 15 is 0 Å². The van der Waals surface area contributed by atoms with Crippen LogP contribution in [0.5, 0.6) is 0 Å². The van der Waals surface area contributed by atoms with Crippen molar-refractivity contribution in [1.82, 2.24) is 20.0 Å². The number of aromatic nitrogens is 2. The average Bonchev–Trinajstić information content (AvgIpc) is 2.50. The molecule has 1 fully saturated rings. The smallest absolute Gasteiger partial charge is 0.0537 e. The number of rotatable bonds is 2. The van der Waals surface area contributed by atoms with Crippen molar-refractivity contribution in [3.63, 3.8) is 0 Å². The summed E-state index contributed by atoms with van der Waals surface area (Å²) in [5.74, 6) is 0. The van der Waals surface area contributed by atoms with Gasteiger partial charge in [0.15, 0.2) is 0 Å². The number of nitrogens with zero attached hydrogens (tertiary/aromatic N) is 3. The van der Waals surface area contributed by atoms with Crippen LogP contribution in [0.2, 0.25) is 0 Å². The summed E-state index contributed by atoms with van der Waals surface area (Å²) in [5, 5.41) is 7.70. The highest BCUT2D eigenvalue weighted by Crippen LogP contribution is 2.10. The summed E-state index contributed by atoms with van der Waals surface area (Å²) in [5.41, 5.74) is 2.65. The van der Waals surface area contributed by atoms with Crippen molar-refractivity contribution in [2.45, 2.75) is 19.9 Å². The molecule has 1 aromatic heterocycles. The third kappa shape index (κ3) is 2.58. The van der Waals surface area contributed by atoms with Crippen LogP contribution in [-0.4, -0.2) is 40.9 Å². The molecule has 0 amide bonds. The zero-order valence-corrected chi connectivity index (χ0v) is 9.66. The zero-order valence-electron chi connectivity index (χ0n) is 9.66. The molecule has 0 radical (unpaired) electrons. The van der Waals surface area contributed by atoms with Gasteiger partial charge in [-0.25, -0.2) is 0 Å². The molecule has 1 aliphatic heterocycles. The van der Waals surface area contributed by atoms with Crippen molar-refractivity contribution in [3.8, 4) is 0 Å². The standard InChI is InChI=1S/C11H20N4/c1-10-11(8-13-14(10)2)9-15-6-3-4-12-5-7-15/h8,12H,3-7,9H2,1-2H3. The molecular weight excluding hydrogens is 188 g/mol. The summed E-state index contributed by atoms with van der Waals surface area (Å²) in [7, 11) is 2.00. The molecule has 0 bridgehead atoms. The van der Waals surface area contributed by atoms with E-state index in [0.29, 0.717) is 0 Å². The Hall–Kier alpha value is -0.870. The van der Waals surface area contributed by atoms with Gasteiger partial charge in [-0.2, -0.15) is 5.10 Å². The van der Waals surface area contributed by atoms with E-state index in [1.807, 2.05) is 17.9 Å². The van der Waals surface area contributed by atoms with E-state index in [1.165, 1.54) is 24.2 Å². The van der Waals surface area contributed by atoms with Gasteiger partial charge in [-0.3, -0.25) is 9.58 Å². The van der Waals surface area contributed by atoms with Gasteiger partial charge in [0.05, 0.1) is 6.20 Å². The second-order valence-corrected chi connectivity index (χ2v) is 4.26. The van der Waals surface area contributed by atoms with Crippen LogP contribution in [0, 0.1) is 6.92 Å². The Morgan fingerprint density at radius 2 is 2.27 bits per heavy atom. The molecule has 84 valence electrons. The lowest BCUT2D eigenvalue weighted by atomic mass is 10.2. The summed E-state index contributed by atoms with van der Waals surface area (Å²) < 4.78 is 1.95. The van der Waals surface area contributed by atoms with Gasteiger partial charge in [-0.1, -0.05) is 0 Å². The monoisotopic (exact) mass is 208 g/mol. The van der Waals surface area contributed by atoms with Gasteiger partial charge in [0.1, 0.15) is 0 Å². The molecule has 0 atom stereocenters. The lowest BCUT2D eigenvalue weighted by Gasteiger charge is -2.18. The van der Waals surface area contributed by atoms with E-state index in [-0.39, 0.29) is 0 Å². The number of hydrogen-bond donors (Lipinski definition) is 1. The fraction of sp³-hybridized carbons (Fsp3) is 0.727. The normalized spacial score (nSPS) is 19.1. The topological polar surface area (TPSA) is 33.1 Å². The third-order valence-electron chi connectivity index (χ3n) is 3.16. The number of hydrogen-bond acceptors (Lipinski definition) is 3. The SMILES string of the molecule is Cc1c(CN2CCCNCC2)cnn1C. The minimum atomic E-state index is 1.04. The van der Waals surface area contributed by atoms with E-state index in [4.69, 9.17) is 0 Å². The Morgan fingerprint density at radius 1 is 1.40 bits per heavy atom. The van der Waals surface area contributed by atoms with Crippen LogP contribution in [0.4, 0.5) is 0 Å². The van der Waals surface area contributed by atoms with Crippen molar-refractivity contribution in [3.05, 3.63) is 17.5 Å². The van der Waals surface area contributed by atoms with Crippen LogP contribution in [-0.2, 0) is 13.6 Å². The Kier molecular flexibility index (Phi) is 3.38. The quantitative estimate of drug-likeness (QED) is 0.769. The van der Waals surface area contributed by atoms with E-state index in [2.05, 4.69) is 22.2 Å². The predicted octanol–water partition coefficient (Wildman–Crippen LogP) is 0.524. The highest BCUT2D eigenvalue weighted by Gasteiger charge is 2.11. The fourth-order valence-electron chi connectivity index (χ4n) is 2.00. The molecule has 0 aliphatic carbocycles. The lowest BCUT2D eigenvalue weighted by molar-refractivity contribution is 0.284. The van der Waals surface area contributed by atoms with Crippen molar-refractivity contribution in [2.24, 2.45) is 7.05 Å². The molecule has 1 aliphatic rings. The average molecular weight is 208 g/mol. The summed E-state index contributed by atoms with van der Waals surface area (Å²) in [6.07, 6.45) is 3.24. The summed E-state index contributed by atoms with van der Waals surface area (Å²) in [6.45, 7) is 7.79. The van der Waals surface area contributed by atoms with Gasteiger partial charge < -0.3 is 5.32 Å². The van der Waals surface area contributed by atoms with Crippen LogP contribution in [0.25, 0.3) is 0 Å². The highest BCUT2D eigenvalue weighted by atomic mass is 15.3. The molecule has 0 spiro atoms. The number of aryl methyl sites for hydroxylation is 1. The fourth-order valence-corrected chi connectivity index (χ4v) is 2.00. The molecule has 15 heavy (non-hydrogen) atoms. The molecule has 1 aromatic rings. The van der Waals surface area contributed by atoms with E-state index in [1.54, 1.807) is 0 Å². The van der Waals surface area contributed by atoms with Crippen LogP contribution >= 0.6 is 0 Å². The van der Waals surface area contributed by atoms with Gasteiger partial charge in [0.2, 0.25) is 0 Å². The second kappa shape index (κ2) is 4.77. The highest BCUT2D eigenvalue weighted by molar-refractivity contribution is 5.15. The third-order valence-corrected chi connectivity index (χ3v) is 3.16. The first-order valence-electron chi connectivity index (χ1n) is 5.68. The molecular formula is C11H20N4. The van der Waals surface area contributed by atoms with Crippen molar-refractivity contribution in [1.29, 1.82) is 0 Å². The van der Waals surface area contributed by atoms with E-state index in [9.17, 15) is 0 Å². The Balaban J connectivity index is 1.98. The van der Waals surface area contributed by atoms with Gasteiger partial charge in [-0.05, 0) is 26.4 Å². The minimum Gasteiger partial charge on any atom is -0.315 e. The Bertz CT molecular complexity index is 310. The van der Waals surface area contributed by atoms with Crippen LogP contribution < -0.4 is 5.32 Å². The molecule has 0 unspecified atom stereocenters. The molecule has 4 heteroatoms. The zero-order chi connectivity index (χ0) is 10.7. The van der Waals surface area contributed by atoms with Gasteiger partial charge >= 0.3 is 0 Å². The maximum Gasteiger partial charge on any atom is 0.0537 e. The van der Waals surface area contributed by atoms with E-state index < -0.39 is 0 Å². The maximum atomic E-state index is 4.28. The van der Waals surface area contributed by atoms with Crippen molar-refractivity contribution >= 4 is 0 Å². The molecule has 2 heterocycles. The number of nitrogens with one attached hydrogen (secondary N) is 1. The second-order valence-electron chi connectivity index (χ2n) is 4.26. The lowest BCUT2D eigenvalue weighted by Crippen LogP contribution is -2.27. The summed E-state index contributed by atoms with van der Waals surface area (Å²) >= 11 is 0. The molecule has 1 N–H and O–H groups in total. The molecule has 2 rings (SSSR count). The molecule has 1 saturated heterocycles. The van der Waals surface area contributed by atoms with Crippen molar-refractivity contribution in [2.75, 3.05) is 26.2 Å². The first-order valence-corrected chi connectivity index (χ1v) is 5.68. The van der Waals surface area contributed by atoms with Crippen LogP contribution in [0.3, 0.4) is 0 Å². The largest absolute Gasteiger partial charge is 0.315 e. The van der Waals surface area contributed by atoms with E-state index in [0.717, 1.165) is 26.2 Å². The van der Waals surface area contributed by atoms with Gasteiger partial charge in [0.25, 0.3) is 0 Å². The molecule has 4 nitrogen and oxygen atoms in total. The molecule has 0 saturated carbocycles. The molecule has 0 aromatic carbocycles. The van der Waals surface area contributed by atoms with Crippen LogP contribution in [0.1, 0.15) is 17.7 Å². The minimum absolute atomic E-state index is 1.04. The predicted molar refractivity (Wildman–Crippen MR) is 60.7 cm³/mol. The first kappa shape index (κ1) is 10.6. The van der Waals surface area contributed by atoms with Crippen LogP contribution in [0.15, 0.2) is 6.20 Å². The Labute approximate surface area is 91.3 Å². The Morgan fingerprint density at radius 3 is 3.00 bits per heavy atom. The van der Waals surface area contributed by atoms with Gasteiger partial charge in [0, 0.05) is 37.9 Å². The summed E-state index contributed by atoms with van der Waals surface area (Å²) in [6, 6.07) is 0. The first-order chi connectivity index (χ1) is 7.27. The summed E-state index contributed by atoms with van der Waals surface area (Å²) in [4.78, 5) is 2.50. The van der Waals surface area contributed by atoms with Crippen molar-refractivity contribution < 1.29 is 0 Å². The van der Waals surface area contributed by atoms with Gasteiger partial charge in [-0.15, -0.1) is 0 Å².